The van der Waals surface area contributed by atoms with Crippen LogP contribution in [0.25, 0.3) is 0 Å². The monoisotopic (exact) mass is 315 g/mol. The van der Waals surface area contributed by atoms with E-state index >= 15 is 0 Å². The molecule has 1 fully saturated rings. The molecule has 7 heteroatoms. The Balaban J connectivity index is 2.13. The molecular formula is C14H25N3O3S. The molecule has 6 nitrogen and oxygen atoms in total. The van der Waals surface area contributed by atoms with E-state index in [0.29, 0.717) is 30.7 Å². The van der Waals surface area contributed by atoms with Gasteiger partial charge in [0.25, 0.3) is 0 Å². The van der Waals surface area contributed by atoms with Crippen LogP contribution in [0.1, 0.15) is 38.4 Å². The van der Waals surface area contributed by atoms with E-state index in [4.69, 9.17) is 4.74 Å². The lowest BCUT2D eigenvalue weighted by Crippen LogP contribution is -2.35. The summed E-state index contributed by atoms with van der Waals surface area (Å²) in [6.07, 6.45) is 4.00. The zero-order valence-corrected chi connectivity index (χ0v) is 13.7. The van der Waals surface area contributed by atoms with Gasteiger partial charge in [-0.25, -0.2) is 13.1 Å². The molecule has 1 aliphatic carbocycles. The fourth-order valence-corrected chi connectivity index (χ4v) is 3.60. The molecule has 1 saturated carbocycles. The van der Waals surface area contributed by atoms with Gasteiger partial charge in [-0.15, -0.1) is 0 Å². The van der Waals surface area contributed by atoms with Gasteiger partial charge in [0.15, 0.2) is 0 Å². The highest BCUT2D eigenvalue weighted by Crippen LogP contribution is 2.37. The number of nitrogens with one attached hydrogen (secondary N) is 2. The highest BCUT2D eigenvalue weighted by molar-refractivity contribution is 7.89. The van der Waals surface area contributed by atoms with Gasteiger partial charge < -0.3 is 14.6 Å². The fourth-order valence-electron chi connectivity index (χ4n) is 2.32. The number of rotatable bonds is 9. The van der Waals surface area contributed by atoms with Gasteiger partial charge in [0.1, 0.15) is 0 Å². The summed E-state index contributed by atoms with van der Waals surface area (Å²) >= 11 is 0. The average Bonchev–Trinajstić information content (AvgIpc) is 3.17. The summed E-state index contributed by atoms with van der Waals surface area (Å²) in [5.74, 6) is 0. The number of ether oxygens (including phenoxy) is 1. The third-order valence-corrected chi connectivity index (χ3v) is 5.00. The Morgan fingerprint density at radius 2 is 2.19 bits per heavy atom. The van der Waals surface area contributed by atoms with E-state index < -0.39 is 10.0 Å². The molecule has 0 amide bonds. The molecule has 1 unspecified atom stereocenters. The van der Waals surface area contributed by atoms with Crippen molar-refractivity contribution in [3.8, 4) is 0 Å². The summed E-state index contributed by atoms with van der Waals surface area (Å²) in [7, 11) is -1.63. The first-order valence-electron chi connectivity index (χ1n) is 7.43. The largest absolute Gasteiger partial charge is 0.380 e. The minimum atomic E-state index is -3.49. The Morgan fingerprint density at radius 3 is 2.76 bits per heavy atom. The Hall–Kier alpha value is -0.890. The Morgan fingerprint density at radius 1 is 1.48 bits per heavy atom. The van der Waals surface area contributed by atoms with E-state index in [1.165, 1.54) is 0 Å². The van der Waals surface area contributed by atoms with Crippen LogP contribution < -0.4 is 10.0 Å². The standard InChI is InChI=1S/C14H25N3O3S/c1-4-20-10-11(2)16-21(18,19)14-7-13(8-15-3)17(9-14)12-5-6-12/h7,9,11-12,15-16H,4-6,8,10H2,1-3H3. The molecule has 0 saturated heterocycles. The average molecular weight is 315 g/mol. The van der Waals surface area contributed by atoms with Crippen LogP contribution in [0.5, 0.6) is 0 Å². The number of hydrogen-bond acceptors (Lipinski definition) is 4. The molecule has 0 aliphatic heterocycles. The van der Waals surface area contributed by atoms with Crippen molar-refractivity contribution in [1.82, 2.24) is 14.6 Å². The number of hydrogen-bond donors (Lipinski definition) is 2. The lowest BCUT2D eigenvalue weighted by molar-refractivity contribution is 0.133. The predicted molar refractivity (Wildman–Crippen MR) is 81.7 cm³/mol. The molecule has 0 spiro atoms. The first kappa shape index (κ1) is 16.5. The normalized spacial score (nSPS) is 17.1. The van der Waals surface area contributed by atoms with Crippen molar-refractivity contribution in [2.24, 2.45) is 0 Å². The molecule has 0 radical (unpaired) electrons. The lowest BCUT2D eigenvalue weighted by Gasteiger charge is -2.13. The molecule has 0 bridgehead atoms. The Labute approximate surface area is 126 Å². The predicted octanol–water partition coefficient (Wildman–Crippen LogP) is 1.25. The quantitative estimate of drug-likeness (QED) is 0.719. The van der Waals surface area contributed by atoms with Gasteiger partial charge >= 0.3 is 0 Å². The first-order chi connectivity index (χ1) is 9.97. The van der Waals surface area contributed by atoms with Gasteiger partial charge in [-0.1, -0.05) is 0 Å². The van der Waals surface area contributed by atoms with Gasteiger partial charge in [0.2, 0.25) is 10.0 Å². The van der Waals surface area contributed by atoms with Crippen LogP contribution in [0, 0.1) is 0 Å². The maximum Gasteiger partial charge on any atom is 0.242 e. The summed E-state index contributed by atoms with van der Waals surface area (Å²) in [5, 5.41) is 3.08. The van der Waals surface area contributed by atoms with Crippen molar-refractivity contribution in [2.45, 2.75) is 50.2 Å². The number of sulfonamides is 1. The van der Waals surface area contributed by atoms with Crippen molar-refractivity contribution < 1.29 is 13.2 Å². The van der Waals surface area contributed by atoms with Gasteiger partial charge in [0.05, 0.1) is 11.5 Å². The minimum Gasteiger partial charge on any atom is -0.380 e. The number of aromatic nitrogens is 1. The highest BCUT2D eigenvalue weighted by atomic mass is 32.2. The maximum absolute atomic E-state index is 12.4. The van der Waals surface area contributed by atoms with Gasteiger partial charge in [-0.2, -0.15) is 0 Å². The van der Waals surface area contributed by atoms with Crippen LogP contribution >= 0.6 is 0 Å². The second kappa shape index (κ2) is 6.91. The molecule has 0 aromatic carbocycles. The van der Waals surface area contributed by atoms with Crippen molar-refractivity contribution in [2.75, 3.05) is 20.3 Å². The fraction of sp³-hybridized carbons (Fsp3) is 0.714. The van der Waals surface area contributed by atoms with Crippen molar-refractivity contribution in [1.29, 1.82) is 0 Å². The van der Waals surface area contributed by atoms with Gasteiger partial charge in [0, 0.05) is 37.1 Å². The smallest absolute Gasteiger partial charge is 0.242 e. The summed E-state index contributed by atoms with van der Waals surface area (Å²) in [4.78, 5) is 0.336. The molecule has 21 heavy (non-hydrogen) atoms. The van der Waals surface area contributed by atoms with Crippen LogP contribution in [0.15, 0.2) is 17.2 Å². The van der Waals surface area contributed by atoms with Crippen LogP contribution in [0.3, 0.4) is 0 Å². The topological polar surface area (TPSA) is 72.4 Å². The lowest BCUT2D eigenvalue weighted by atomic mass is 10.4. The van der Waals surface area contributed by atoms with E-state index in [9.17, 15) is 8.42 Å². The van der Waals surface area contributed by atoms with Crippen LogP contribution in [-0.2, 0) is 21.3 Å². The van der Waals surface area contributed by atoms with Crippen LogP contribution in [0.2, 0.25) is 0 Å². The second-order valence-electron chi connectivity index (χ2n) is 5.52. The van der Waals surface area contributed by atoms with Crippen molar-refractivity contribution in [3.05, 3.63) is 18.0 Å². The molecule has 120 valence electrons. The van der Waals surface area contributed by atoms with Gasteiger partial charge in [-0.3, -0.25) is 0 Å². The molecular weight excluding hydrogens is 290 g/mol. The van der Waals surface area contributed by atoms with E-state index in [1.54, 1.807) is 19.2 Å². The molecule has 1 aliphatic rings. The molecule has 2 N–H and O–H groups in total. The Kier molecular flexibility index (Phi) is 5.43. The van der Waals surface area contributed by atoms with Crippen LogP contribution in [-0.4, -0.2) is 39.3 Å². The zero-order valence-electron chi connectivity index (χ0n) is 12.9. The summed E-state index contributed by atoms with van der Waals surface area (Å²) in [6, 6.07) is 1.97. The van der Waals surface area contributed by atoms with E-state index in [-0.39, 0.29) is 6.04 Å². The molecule has 1 aromatic rings. The van der Waals surface area contributed by atoms with Crippen molar-refractivity contribution in [3.63, 3.8) is 0 Å². The molecule has 1 heterocycles. The van der Waals surface area contributed by atoms with E-state index in [0.717, 1.165) is 18.5 Å². The molecule has 2 rings (SSSR count). The van der Waals surface area contributed by atoms with E-state index in [2.05, 4.69) is 14.6 Å². The first-order valence-corrected chi connectivity index (χ1v) is 8.91. The second-order valence-corrected chi connectivity index (χ2v) is 7.23. The summed E-state index contributed by atoms with van der Waals surface area (Å²) < 4.78 is 34.8. The van der Waals surface area contributed by atoms with E-state index in [1.807, 2.05) is 14.0 Å². The highest BCUT2D eigenvalue weighted by Gasteiger charge is 2.28. The zero-order chi connectivity index (χ0) is 15.5. The SMILES string of the molecule is CCOCC(C)NS(=O)(=O)c1cc(CNC)n(C2CC2)c1. The molecule has 1 atom stereocenters. The number of nitrogens with zero attached hydrogens (tertiary/aromatic N) is 1. The van der Waals surface area contributed by atoms with Crippen LogP contribution in [0.4, 0.5) is 0 Å². The third kappa shape index (κ3) is 4.29. The van der Waals surface area contributed by atoms with Crippen molar-refractivity contribution >= 4 is 10.0 Å². The van der Waals surface area contributed by atoms with Gasteiger partial charge in [-0.05, 0) is 39.8 Å². The third-order valence-electron chi connectivity index (χ3n) is 3.44. The summed E-state index contributed by atoms with van der Waals surface area (Å²) in [6.45, 7) is 5.32. The minimum absolute atomic E-state index is 0.244. The maximum atomic E-state index is 12.4. The molecule has 1 aromatic heterocycles. The summed E-state index contributed by atoms with van der Waals surface area (Å²) in [5.41, 5.74) is 1.01. The Bertz CT molecular complexity index is 564.